The van der Waals surface area contributed by atoms with Crippen molar-refractivity contribution in [3.8, 4) is 11.3 Å². The van der Waals surface area contributed by atoms with Crippen LogP contribution in [0.1, 0.15) is 30.3 Å². The second-order valence-electron chi connectivity index (χ2n) is 5.40. The van der Waals surface area contributed by atoms with Gasteiger partial charge in [0.1, 0.15) is 0 Å². The van der Waals surface area contributed by atoms with Crippen LogP contribution in [0.4, 0.5) is 0 Å². The maximum absolute atomic E-state index is 12.2. The molecule has 0 spiro atoms. The van der Waals surface area contributed by atoms with Gasteiger partial charge in [0, 0.05) is 23.3 Å². The summed E-state index contributed by atoms with van der Waals surface area (Å²) in [5, 5.41) is 7.34. The molecule has 0 unspecified atom stereocenters. The number of nitrogens with zero attached hydrogens (tertiary/aromatic N) is 1. The summed E-state index contributed by atoms with van der Waals surface area (Å²) in [7, 11) is 0. The second-order valence-corrected chi connectivity index (χ2v) is 5.84. The summed E-state index contributed by atoms with van der Waals surface area (Å²) in [5.74, 6) is 0.248. The molecule has 1 saturated heterocycles. The van der Waals surface area contributed by atoms with E-state index in [1.807, 2.05) is 19.1 Å². The summed E-state index contributed by atoms with van der Waals surface area (Å²) in [5.41, 5.74) is 1.03. The first-order valence-electron chi connectivity index (χ1n) is 7.28. The Morgan fingerprint density at radius 2 is 2.32 bits per heavy atom. The van der Waals surface area contributed by atoms with Crippen LogP contribution in [0.2, 0.25) is 5.02 Å². The van der Waals surface area contributed by atoms with Crippen LogP contribution >= 0.6 is 11.6 Å². The molecule has 22 heavy (non-hydrogen) atoms. The van der Waals surface area contributed by atoms with Gasteiger partial charge in [0.25, 0.3) is 5.91 Å². The first kappa shape index (κ1) is 15.1. The number of benzene rings is 1. The minimum atomic E-state index is -0.264. The largest absolute Gasteiger partial charge is 0.376 e. The lowest BCUT2D eigenvalue weighted by atomic mass is 10.1. The van der Waals surface area contributed by atoms with Crippen LogP contribution in [0.3, 0.4) is 0 Å². The molecule has 1 fully saturated rings. The lowest BCUT2D eigenvalue weighted by Gasteiger charge is -2.19. The Balaban J connectivity index is 1.69. The minimum Gasteiger partial charge on any atom is -0.376 e. The Hall–Kier alpha value is -1.85. The molecule has 0 aliphatic carbocycles. The molecule has 6 heteroatoms. The third-order valence-electron chi connectivity index (χ3n) is 3.73. The third-order valence-corrected chi connectivity index (χ3v) is 3.97. The van der Waals surface area contributed by atoms with Crippen LogP contribution in [0.5, 0.6) is 0 Å². The van der Waals surface area contributed by atoms with Crippen LogP contribution in [0.25, 0.3) is 11.3 Å². The Morgan fingerprint density at radius 3 is 3.05 bits per heavy atom. The number of nitrogens with one attached hydrogen (secondary N) is 1. The van der Waals surface area contributed by atoms with E-state index in [2.05, 4.69) is 10.5 Å². The number of halogens is 1. The number of hydrogen-bond acceptors (Lipinski definition) is 4. The van der Waals surface area contributed by atoms with Gasteiger partial charge >= 0.3 is 0 Å². The van der Waals surface area contributed by atoms with Crippen molar-refractivity contribution in [1.29, 1.82) is 0 Å². The quantitative estimate of drug-likeness (QED) is 0.938. The van der Waals surface area contributed by atoms with Crippen LogP contribution in [-0.4, -0.2) is 29.8 Å². The van der Waals surface area contributed by atoms with Crippen molar-refractivity contribution >= 4 is 17.5 Å². The van der Waals surface area contributed by atoms with Gasteiger partial charge in [-0.25, -0.2) is 0 Å². The first-order chi connectivity index (χ1) is 10.6. The zero-order valence-corrected chi connectivity index (χ0v) is 13.0. The van der Waals surface area contributed by atoms with Crippen LogP contribution in [0, 0.1) is 0 Å². The summed E-state index contributed by atoms with van der Waals surface area (Å²) < 4.78 is 10.8. The fraction of sp³-hybridized carbons (Fsp3) is 0.375. The lowest BCUT2D eigenvalue weighted by molar-refractivity contribution is 0.0707. The van der Waals surface area contributed by atoms with Gasteiger partial charge in [0.15, 0.2) is 11.5 Å². The van der Waals surface area contributed by atoms with E-state index in [0.717, 1.165) is 25.0 Å². The first-order valence-corrected chi connectivity index (χ1v) is 7.66. The topological polar surface area (TPSA) is 64.4 Å². The van der Waals surface area contributed by atoms with Gasteiger partial charge in [0.2, 0.25) is 0 Å². The van der Waals surface area contributed by atoms with Crippen LogP contribution in [0.15, 0.2) is 34.9 Å². The van der Waals surface area contributed by atoms with Gasteiger partial charge in [-0.15, -0.1) is 0 Å². The van der Waals surface area contributed by atoms with E-state index >= 15 is 0 Å². The van der Waals surface area contributed by atoms with E-state index in [1.165, 1.54) is 0 Å². The van der Waals surface area contributed by atoms with Gasteiger partial charge < -0.3 is 14.6 Å². The molecule has 2 aromatic rings. The van der Waals surface area contributed by atoms with Crippen molar-refractivity contribution in [3.63, 3.8) is 0 Å². The average Bonchev–Trinajstić information content (AvgIpc) is 3.19. The van der Waals surface area contributed by atoms with Crippen LogP contribution < -0.4 is 5.32 Å². The minimum absolute atomic E-state index is 0.0543. The van der Waals surface area contributed by atoms with Crippen LogP contribution in [-0.2, 0) is 4.74 Å². The highest BCUT2D eigenvalue weighted by Crippen LogP contribution is 2.23. The highest BCUT2D eigenvalue weighted by molar-refractivity contribution is 6.30. The highest BCUT2D eigenvalue weighted by Gasteiger charge is 2.25. The number of hydrogen-bond donors (Lipinski definition) is 1. The monoisotopic (exact) mass is 320 g/mol. The molecule has 5 nitrogen and oxygen atoms in total. The van der Waals surface area contributed by atoms with E-state index in [9.17, 15) is 4.79 Å². The van der Waals surface area contributed by atoms with Crippen molar-refractivity contribution in [2.45, 2.75) is 31.9 Å². The zero-order valence-electron chi connectivity index (χ0n) is 12.2. The molecule has 0 bridgehead atoms. The van der Waals surface area contributed by atoms with Crippen molar-refractivity contribution in [1.82, 2.24) is 10.5 Å². The molecule has 1 amide bonds. The number of aromatic nitrogens is 1. The van der Waals surface area contributed by atoms with Crippen molar-refractivity contribution in [3.05, 3.63) is 41.0 Å². The molecule has 1 aliphatic heterocycles. The fourth-order valence-corrected chi connectivity index (χ4v) is 2.72. The highest BCUT2D eigenvalue weighted by atomic mass is 35.5. The molecular formula is C16H17ClN2O3. The van der Waals surface area contributed by atoms with Crippen molar-refractivity contribution in [2.24, 2.45) is 0 Å². The second kappa shape index (κ2) is 6.50. The van der Waals surface area contributed by atoms with Gasteiger partial charge in [0.05, 0.1) is 12.1 Å². The number of carbonyl (C=O) groups is 1. The SMILES string of the molecule is C[C@H](NC(=O)c1cc(-c2cccc(Cl)c2)on1)[C@@H]1CCCO1. The third kappa shape index (κ3) is 3.31. The Morgan fingerprint density at radius 1 is 1.45 bits per heavy atom. The molecule has 3 rings (SSSR count). The maximum Gasteiger partial charge on any atom is 0.273 e. The van der Waals surface area contributed by atoms with E-state index in [1.54, 1.807) is 18.2 Å². The van der Waals surface area contributed by atoms with Gasteiger partial charge in [-0.2, -0.15) is 0 Å². The smallest absolute Gasteiger partial charge is 0.273 e. The molecule has 1 N–H and O–H groups in total. The van der Waals surface area contributed by atoms with E-state index in [0.29, 0.717) is 10.8 Å². The molecule has 1 aromatic heterocycles. The summed E-state index contributed by atoms with van der Waals surface area (Å²) in [4.78, 5) is 12.2. The predicted molar refractivity (Wildman–Crippen MR) is 82.9 cm³/mol. The van der Waals surface area contributed by atoms with Gasteiger partial charge in [-0.1, -0.05) is 28.9 Å². The maximum atomic E-state index is 12.2. The fourth-order valence-electron chi connectivity index (χ4n) is 2.53. The summed E-state index contributed by atoms with van der Waals surface area (Å²) in [6.07, 6.45) is 2.07. The summed E-state index contributed by atoms with van der Waals surface area (Å²) in [6.45, 7) is 2.69. The van der Waals surface area contributed by atoms with Crippen molar-refractivity contribution < 1.29 is 14.1 Å². The van der Waals surface area contributed by atoms with Gasteiger partial charge in [-0.3, -0.25) is 4.79 Å². The summed E-state index contributed by atoms with van der Waals surface area (Å²) >= 11 is 5.95. The molecular weight excluding hydrogens is 304 g/mol. The standard InChI is InChI=1S/C16H17ClN2O3/c1-10(14-6-3-7-21-14)18-16(20)13-9-15(22-19-13)11-4-2-5-12(17)8-11/h2,4-5,8-10,14H,3,6-7H2,1H3,(H,18,20)/t10-,14-/m0/s1. The summed E-state index contributed by atoms with van der Waals surface area (Å²) in [6, 6.07) is 8.77. The Kier molecular flexibility index (Phi) is 4.45. The van der Waals surface area contributed by atoms with E-state index in [-0.39, 0.29) is 23.7 Å². The van der Waals surface area contributed by atoms with E-state index < -0.39 is 0 Å². The normalized spacial score (nSPS) is 19.1. The number of carbonyl (C=O) groups excluding carboxylic acids is 1. The van der Waals surface area contributed by atoms with Gasteiger partial charge in [-0.05, 0) is 31.9 Å². The molecule has 0 radical (unpaired) electrons. The predicted octanol–water partition coefficient (Wildman–Crippen LogP) is 3.29. The molecule has 2 atom stereocenters. The molecule has 1 aromatic carbocycles. The lowest BCUT2D eigenvalue weighted by Crippen LogP contribution is -2.40. The van der Waals surface area contributed by atoms with E-state index in [4.69, 9.17) is 20.9 Å². The number of rotatable bonds is 4. The van der Waals surface area contributed by atoms with Crippen molar-refractivity contribution in [2.75, 3.05) is 6.61 Å². The number of ether oxygens (including phenoxy) is 1. The molecule has 0 saturated carbocycles. The Labute approximate surface area is 133 Å². The molecule has 116 valence electrons. The number of amides is 1. The molecule has 1 aliphatic rings. The average molecular weight is 321 g/mol. The molecule has 2 heterocycles. The zero-order chi connectivity index (χ0) is 15.5. The Bertz CT molecular complexity index is 665.